The summed E-state index contributed by atoms with van der Waals surface area (Å²) >= 11 is 0. The van der Waals surface area contributed by atoms with Crippen LogP contribution in [0.5, 0.6) is 0 Å². The summed E-state index contributed by atoms with van der Waals surface area (Å²) in [5.74, 6) is 2.02. The molecule has 0 aromatic heterocycles. The number of hydrogen-bond acceptors (Lipinski definition) is 5. The van der Waals surface area contributed by atoms with Crippen molar-refractivity contribution < 1.29 is 19.4 Å². The van der Waals surface area contributed by atoms with Gasteiger partial charge in [0.25, 0.3) is 0 Å². The maximum Gasteiger partial charge on any atom is 0.547 e. The first-order chi connectivity index (χ1) is 13.7. The summed E-state index contributed by atoms with van der Waals surface area (Å²) in [4.78, 5) is 25.5. The van der Waals surface area contributed by atoms with Crippen molar-refractivity contribution >= 4 is 17.7 Å². The quantitative estimate of drug-likeness (QED) is 0.654. The molecule has 1 N–H and O–H groups in total. The van der Waals surface area contributed by atoms with Crippen molar-refractivity contribution in [2.45, 2.75) is 31.9 Å². The van der Waals surface area contributed by atoms with Crippen LogP contribution >= 0.6 is 0 Å². The summed E-state index contributed by atoms with van der Waals surface area (Å²) < 4.78 is 5.30. The molecule has 2 aromatic carbocycles. The Morgan fingerprint density at radius 3 is 2.68 bits per heavy atom. The number of quaternary nitrogens is 1. The first-order valence-corrected chi connectivity index (χ1v) is 9.53. The van der Waals surface area contributed by atoms with Crippen molar-refractivity contribution in [2.24, 2.45) is 0 Å². The van der Waals surface area contributed by atoms with Gasteiger partial charge < -0.3 is 9.84 Å². The number of hydrogen-bond donors (Lipinski definition) is 1. The predicted octanol–water partition coefficient (Wildman–Crippen LogP) is 2.97. The largest absolute Gasteiger partial charge is 0.547 e. The van der Waals surface area contributed by atoms with E-state index in [1.807, 2.05) is 65.5 Å². The fraction of sp³-hybridized carbons (Fsp3) is 0.318. The molecule has 1 fully saturated rings. The van der Waals surface area contributed by atoms with Crippen LogP contribution in [0.3, 0.4) is 0 Å². The van der Waals surface area contributed by atoms with Gasteiger partial charge in [0.15, 0.2) is 11.6 Å². The lowest BCUT2D eigenvalue weighted by Gasteiger charge is -2.38. The number of carbonyl (C=O) groups is 1. The summed E-state index contributed by atoms with van der Waals surface area (Å²) in [5, 5.41) is 11.8. The third-order valence-corrected chi connectivity index (χ3v) is 5.62. The number of aliphatic hydroxyl groups excluding tert-OH is 1. The van der Waals surface area contributed by atoms with Crippen LogP contribution < -0.4 is 4.59 Å². The summed E-state index contributed by atoms with van der Waals surface area (Å²) in [6, 6.07) is 16.7. The summed E-state index contributed by atoms with van der Waals surface area (Å²) in [7, 11) is 0. The number of rotatable bonds is 4. The smallest absolute Gasteiger partial charge is 0.413 e. The van der Waals surface area contributed by atoms with Gasteiger partial charge in [-0.1, -0.05) is 53.1 Å². The average Bonchev–Trinajstić information content (AvgIpc) is 3.35. The van der Waals surface area contributed by atoms with E-state index < -0.39 is 10.7 Å². The van der Waals surface area contributed by atoms with Crippen LogP contribution in [0.1, 0.15) is 24.0 Å². The van der Waals surface area contributed by atoms with E-state index in [0.29, 0.717) is 24.4 Å². The second kappa shape index (κ2) is 7.70. The lowest BCUT2D eigenvalue weighted by molar-refractivity contribution is -0.0148. The molecule has 2 aliphatic rings. The maximum atomic E-state index is 13.5. The van der Waals surface area contributed by atoms with Gasteiger partial charge in [0.05, 0.1) is 19.1 Å². The highest BCUT2D eigenvalue weighted by Crippen LogP contribution is 2.45. The van der Waals surface area contributed by atoms with E-state index in [4.69, 9.17) is 4.74 Å². The number of benzene rings is 2. The molecule has 2 atom stereocenters. The zero-order valence-corrected chi connectivity index (χ0v) is 15.6. The van der Waals surface area contributed by atoms with E-state index in [1.54, 1.807) is 0 Å². The molecule has 2 aliphatic heterocycles. The van der Waals surface area contributed by atoms with Gasteiger partial charge in [-0.2, -0.15) is 4.79 Å². The van der Waals surface area contributed by atoms with Gasteiger partial charge in [-0.25, -0.2) is 4.79 Å². The Hall–Kier alpha value is -2.76. The summed E-state index contributed by atoms with van der Waals surface area (Å²) in [6.45, 7) is 0.622. The molecular formula is C22H23N2O4+. The molecule has 0 radical (unpaired) electrons. The van der Waals surface area contributed by atoms with Crippen molar-refractivity contribution in [3.63, 3.8) is 0 Å². The van der Waals surface area contributed by atoms with Gasteiger partial charge in [0.1, 0.15) is 6.61 Å². The van der Waals surface area contributed by atoms with Gasteiger partial charge in [0.2, 0.25) is 5.70 Å². The molecule has 0 saturated carbocycles. The number of fused-ring (bicyclic) bond motifs is 1. The highest BCUT2D eigenvalue weighted by Gasteiger charge is 2.60. The number of allylic oxidation sites excluding steroid dienone is 1. The average molecular weight is 379 g/mol. The molecule has 2 unspecified atom stereocenters. The Morgan fingerprint density at radius 2 is 1.93 bits per heavy atom. The van der Waals surface area contributed by atoms with E-state index in [0.717, 1.165) is 24.0 Å². The number of nitrogens with zero attached hydrogens (tertiary/aromatic N) is 2. The Bertz CT molecular complexity index is 923. The highest BCUT2D eigenvalue weighted by molar-refractivity contribution is 5.91. The number of para-hydroxylation sites is 1. The zero-order valence-electron chi connectivity index (χ0n) is 15.6. The highest BCUT2D eigenvalue weighted by atomic mass is 16.6. The zero-order chi connectivity index (χ0) is 19.6. The second-order valence-electron chi connectivity index (χ2n) is 7.17. The molecule has 4 rings (SSSR count). The van der Waals surface area contributed by atoms with Gasteiger partial charge in [-0.05, 0) is 18.4 Å². The third kappa shape index (κ3) is 2.87. The van der Waals surface area contributed by atoms with E-state index in [-0.39, 0.29) is 19.3 Å². The number of ether oxygens (including phenoxy) is 1. The predicted molar refractivity (Wildman–Crippen MR) is 105 cm³/mol. The van der Waals surface area contributed by atoms with Gasteiger partial charge in [-0.3, -0.25) is 0 Å². The molecule has 1 amide bonds. The monoisotopic (exact) mass is 379 g/mol. The van der Waals surface area contributed by atoms with Crippen LogP contribution in [0.4, 0.5) is 10.5 Å². The summed E-state index contributed by atoms with van der Waals surface area (Å²) in [5.41, 5.74) is 2.79. The fourth-order valence-corrected chi connectivity index (χ4v) is 4.34. The molecule has 0 aliphatic carbocycles. The van der Waals surface area contributed by atoms with Crippen LogP contribution in [0.25, 0.3) is 0 Å². The molecule has 2 aromatic rings. The van der Waals surface area contributed by atoms with Crippen LogP contribution in [-0.4, -0.2) is 41.3 Å². The van der Waals surface area contributed by atoms with Crippen molar-refractivity contribution in [1.29, 1.82) is 0 Å². The van der Waals surface area contributed by atoms with E-state index in [2.05, 4.69) is 0 Å². The van der Waals surface area contributed by atoms with E-state index >= 15 is 0 Å². The molecular weight excluding hydrogens is 356 g/mol. The Labute approximate surface area is 163 Å². The van der Waals surface area contributed by atoms with Crippen LogP contribution in [0.15, 0.2) is 60.3 Å². The summed E-state index contributed by atoms with van der Waals surface area (Å²) in [6.07, 6.45) is 1.41. The Kier molecular flexibility index (Phi) is 5.11. The van der Waals surface area contributed by atoms with Crippen LogP contribution in [0, 0.1) is 0 Å². The normalized spacial score (nSPS) is 24.0. The first kappa shape index (κ1) is 18.6. The molecule has 0 bridgehead atoms. The van der Waals surface area contributed by atoms with Crippen molar-refractivity contribution in [1.82, 2.24) is 9.60 Å². The maximum absolute atomic E-state index is 13.5. The molecule has 1 saturated heterocycles. The standard InChI is InChI=1S/C22H23N2O4/c25-14-19-10-6-12-23(19)24(22(27)28-16-17-7-2-1-3-8-17)20(15-26)13-18-9-4-5-11-21(18)24/h1-5,7-9,11,19,25H,6,10,12-14,16H2/q+1. The minimum atomic E-state index is -0.535. The lowest BCUT2D eigenvalue weighted by Crippen LogP contribution is -2.65. The van der Waals surface area contributed by atoms with Crippen LogP contribution in [-0.2, 0) is 22.6 Å². The Balaban J connectivity index is 1.78. The molecule has 6 heteroatoms. The number of amides is 1. The van der Waals surface area contributed by atoms with Gasteiger partial charge in [-0.15, -0.1) is 5.01 Å². The second-order valence-corrected chi connectivity index (χ2v) is 7.17. The first-order valence-electron chi connectivity index (χ1n) is 9.53. The molecule has 2 heterocycles. The Morgan fingerprint density at radius 1 is 1.18 bits per heavy atom. The van der Waals surface area contributed by atoms with Crippen molar-refractivity contribution in [3.05, 3.63) is 71.4 Å². The molecule has 0 spiro atoms. The number of aliphatic hydroxyl groups is 1. The SMILES string of the molecule is O=C=C1Cc2ccccc2[N+]1(C(=O)OCc1ccccc1)N1CCCC1CO. The third-order valence-electron chi connectivity index (χ3n) is 5.62. The van der Waals surface area contributed by atoms with Crippen LogP contribution in [0.2, 0.25) is 0 Å². The molecule has 6 nitrogen and oxygen atoms in total. The van der Waals surface area contributed by atoms with E-state index in [1.165, 1.54) is 0 Å². The molecule has 144 valence electrons. The van der Waals surface area contributed by atoms with Crippen molar-refractivity contribution in [3.8, 4) is 0 Å². The fourth-order valence-electron chi connectivity index (χ4n) is 4.34. The lowest BCUT2D eigenvalue weighted by atomic mass is 10.1. The van der Waals surface area contributed by atoms with Gasteiger partial charge >= 0.3 is 6.09 Å². The number of carbonyl (C=O) groups excluding carboxylic acids is 2. The van der Waals surface area contributed by atoms with E-state index in [9.17, 15) is 14.7 Å². The minimum Gasteiger partial charge on any atom is -0.413 e. The molecule has 28 heavy (non-hydrogen) atoms. The van der Waals surface area contributed by atoms with Gasteiger partial charge in [0, 0.05) is 18.2 Å². The van der Waals surface area contributed by atoms with Crippen molar-refractivity contribution in [2.75, 3.05) is 13.2 Å². The topological polar surface area (TPSA) is 66.8 Å². The minimum absolute atomic E-state index is 0.0831.